The Morgan fingerprint density at radius 3 is 2.72 bits per heavy atom. The van der Waals surface area contributed by atoms with Gasteiger partial charge in [0.2, 0.25) is 5.88 Å². The number of pyridine rings is 1. The van der Waals surface area contributed by atoms with E-state index < -0.39 is 0 Å². The number of fused-ring (bicyclic) bond motifs is 1. The zero-order valence-corrected chi connectivity index (χ0v) is 14.9. The minimum atomic E-state index is -0.122. The van der Waals surface area contributed by atoms with E-state index in [1.165, 1.54) is 0 Å². The molecule has 0 fully saturated rings. The Kier molecular flexibility index (Phi) is 4.70. The molecule has 0 unspecified atom stereocenters. The quantitative estimate of drug-likeness (QED) is 0.717. The maximum atomic E-state index is 13.1. The highest BCUT2D eigenvalue weighted by molar-refractivity contribution is 5.98. The number of rotatable bonds is 5. The molecule has 25 heavy (non-hydrogen) atoms. The Balaban J connectivity index is 1.98. The predicted molar refractivity (Wildman–Crippen MR) is 96.5 cm³/mol. The topological polar surface area (TPSA) is 60.2 Å². The van der Waals surface area contributed by atoms with Gasteiger partial charge in [-0.25, -0.2) is 4.98 Å². The molecule has 0 aliphatic rings. The van der Waals surface area contributed by atoms with Crippen molar-refractivity contribution in [2.75, 3.05) is 7.11 Å². The second-order valence-corrected chi connectivity index (χ2v) is 6.29. The Morgan fingerprint density at radius 1 is 1.32 bits per heavy atom. The summed E-state index contributed by atoms with van der Waals surface area (Å²) in [7, 11) is 3.43. The van der Waals surface area contributed by atoms with Gasteiger partial charge < -0.3 is 9.64 Å². The molecule has 0 bridgehead atoms. The van der Waals surface area contributed by atoms with Gasteiger partial charge in [-0.05, 0) is 31.4 Å². The number of nitrogens with zero attached hydrogens (tertiary/aromatic N) is 4. The average Bonchev–Trinajstić information content (AvgIpc) is 3.02. The Labute approximate surface area is 147 Å². The minimum absolute atomic E-state index is 0.0342. The molecule has 0 spiro atoms. The van der Waals surface area contributed by atoms with Gasteiger partial charge in [-0.1, -0.05) is 18.2 Å². The van der Waals surface area contributed by atoms with E-state index in [2.05, 4.69) is 10.1 Å². The Bertz CT molecular complexity index is 901. The van der Waals surface area contributed by atoms with Crippen molar-refractivity contribution in [3.05, 3.63) is 54.0 Å². The van der Waals surface area contributed by atoms with Crippen LogP contribution in [0, 0.1) is 0 Å². The molecule has 3 rings (SSSR count). The second kappa shape index (κ2) is 6.93. The molecule has 3 aromatic rings. The van der Waals surface area contributed by atoms with E-state index in [4.69, 9.17) is 4.74 Å². The van der Waals surface area contributed by atoms with Gasteiger partial charge >= 0.3 is 0 Å². The molecule has 0 aliphatic carbocycles. The van der Waals surface area contributed by atoms with Gasteiger partial charge in [0.15, 0.2) is 0 Å². The third kappa shape index (κ3) is 3.47. The fourth-order valence-corrected chi connectivity index (χ4v) is 2.82. The number of carbonyl (C=O) groups is 1. The molecule has 0 N–H and O–H groups in total. The first-order valence-electron chi connectivity index (χ1n) is 8.22. The fourth-order valence-electron chi connectivity index (χ4n) is 2.82. The van der Waals surface area contributed by atoms with Gasteiger partial charge in [0, 0.05) is 36.8 Å². The first-order chi connectivity index (χ1) is 12.0. The van der Waals surface area contributed by atoms with E-state index >= 15 is 0 Å². The maximum absolute atomic E-state index is 13.1. The zero-order valence-electron chi connectivity index (χ0n) is 14.9. The first kappa shape index (κ1) is 17.0. The van der Waals surface area contributed by atoms with E-state index in [0.29, 0.717) is 18.1 Å². The smallest absolute Gasteiger partial charge is 0.273 e. The van der Waals surface area contributed by atoms with Crippen LogP contribution >= 0.6 is 0 Å². The van der Waals surface area contributed by atoms with Crippen molar-refractivity contribution in [3.63, 3.8) is 0 Å². The van der Waals surface area contributed by atoms with Crippen molar-refractivity contribution in [2.45, 2.75) is 26.4 Å². The van der Waals surface area contributed by atoms with E-state index in [9.17, 15) is 4.79 Å². The van der Waals surface area contributed by atoms with Gasteiger partial charge in [0.05, 0.1) is 13.3 Å². The van der Waals surface area contributed by atoms with Crippen molar-refractivity contribution in [2.24, 2.45) is 7.05 Å². The van der Waals surface area contributed by atoms with Crippen molar-refractivity contribution >= 4 is 16.7 Å². The number of carbonyl (C=O) groups excluding carboxylic acids is 1. The van der Waals surface area contributed by atoms with Crippen LogP contribution in [0.4, 0.5) is 0 Å². The van der Waals surface area contributed by atoms with Crippen LogP contribution in [0.5, 0.6) is 5.88 Å². The molecule has 6 nitrogen and oxygen atoms in total. The number of aryl methyl sites for hydroxylation is 1. The summed E-state index contributed by atoms with van der Waals surface area (Å²) in [5.74, 6) is 0.342. The molecular formula is C19H22N4O2. The van der Waals surface area contributed by atoms with Crippen LogP contribution in [-0.2, 0) is 13.6 Å². The van der Waals surface area contributed by atoms with Crippen LogP contribution in [0.25, 0.3) is 10.8 Å². The van der Waals surface area contributed by atoms with Crippen LogP contribution in [0.15, 0.2) is 42.7 Å². The Hall–Kier alpha value is -2.89. The lowest BCUT2D eigenvalue weighted by atomic mass is 10.1. The summed E-state index contributed by atoms with van der Waals surface area (Å²) in [6.07, 6.45) is 3.69. The third-order valence-electron chi connectivity index (χ3n) is 4.11. The van der Waals surface area contributed by atoms with Crippen LogP contribution in [0.2, 0.25) is 0 Å². The molecule has 2 heterocycles. The van der Waals surface area contributed by atoms with Crippen molar-refractivity contribution < 1.29 is 9.53 Å². The van der Waals surface area contributed by atoms with Gasteiger partial charge in [-0.15, -0.1) is 0 Å². The molecule has 0 saturated heterocycles. The molecule has 2 aromatic heterocycles. The van der Waals surface area contributed by atoms with Crippen LogP contribution in [0.3, 0.4) is 0 Å². The largest absolute Gasteiger partial charge is 0.481 e. The van der Waals surface area contributed by atoms with E-state index in [1.807, 2.05) is 57.4 Å². The van der Waals surface area contributed by atoms with Crippen LogP contribution in [-0.4, -0.2) is 38.7 Å². The van der Waals surface area contributed by atoms with Crippen molar-refractivity contribution in [3.8, 4) is 5.88 Å². The summed E-state index contributed by atoms with van der Waals surface area (Å²) in [6.45, 7) is 4.47. The molecule has 0 saturated carbocycles. The number of ether oxygens (including phenoxy) is 1. The molecule has 0 radical (unpaired) electrons. The zero-order chi connectivity index (χ0) is 18.0. The molecule has 1 amide bonds. The SMILES string of the molecule is COc1nc(C(=O)N(Cc2cnn(C)c2)C(C)C)cc2ccccc12. The molecular weight excluding hydrogens is 316 g/mol. The van der Waals surface area contributed by atoms with Crippen molar-refractivity contribution in [1.82, 2.24) is 19.7 Å². The molecule has 0 atom stereocenters. The minimum Gasteiger partial charge on any atom is -0.481 e. The lowest BCUT2D eigenvalue weighted by Crippen LogP contribution is -2.36. The summed E-state index contributed by atoms with van der Waals surface area (Å²) >= 11 is 0. The van der Waals surface area contributed by atoms with E-state index in [1.54, 1.807) is 22.9 Å². The fraction of sp³-hybridized carbons (Fsp3) is 0.316. The van der Waals surface area contributed by atoms with Crippen LogP contribution < -0.4 is 4.74 Å². The first-order valence-corrected chi connectivity index (χ1v) is 8.22. The summed E-state index contributed by atoms with van der Waals surface area (Å²) in [4.78, 5) is 19.3. The standard InChI is InChI=1S/C19H22N4O2/c1-13(2)23(12-14-10-20-22(3)11-14)19(24)17-9-15-7-5-6-8-16(15)18(21-17)25-4/h5-11,13H,12H2,1-4H3. The molecule has 0 aliphatic heterocycles. The summed E-state index contributed by atoms with van der Waals surface area (Å²) in [5, 5.41) is 6.00. The third-order valence-corrected chi connectivity index (χ3v) is 4.11. The number of aromatic nitrogens is 3. The highest BCUT2D eigenvalue weighted by Gasteiger charge is 2.22. The predicted octanol–water partition coefficient (Wildman–Crippen LogP) is 3.03. The highest BCUT2D eigenvalue weighted by Crippen LogP contribution is 2.25. The number of amides is 1. The number of methoxy groups -OCH3 is 1. The van der Waals surface area contributed by atoms with E-state index in [-0.39, 0.29) is 11.9 Å². The monoisotopic (exact) mass is 338 g/mol. The number of benzene rings is 1. The number of hydrogen-bond acceptors (Lipinski definition) is 4. The normalized spacial score (nSPS) is 11.1. The summed E-state index contributed by atoms with van der Waals surface area (Å²) < 4.78 is 7.12. The summed E-state index contributed by atoms with van der Waals surface area (Å²) in [6, 6.07) is 9.61. The van der Waals surface area contributed by atoms with Gasteiger partial charge in [0.25, 0.3) is 5.91 Å². The van der Waals surface area contributed by atoms with Crippen LogP contribution in [0.1, 0.15) is 29.9 Å². The average molecular weight is 338 g/mol. The maximum Gasteiger partial charge on any atom is 0.273 e. The van der Waals surface area contributed by atoms with Gasteiger partial charge in [-0.2, -0.15) is 5.10 Å². The molecule has 1 aromatic carbocycles. The Morgan fingerprint density at radius 2 is 2.08 bits per heavy atom. The van der Waals surface area contributed by atoms with E-state index in [0.717, 1.165) is 16.3 Å². The van der Waals surface area contributed by atoms with Gasteiger partial charge in [0.1, 0.15) is 5.69 Å². The van der Waals surface area contributed by atoms with Crippen molar-refractivity contribution in [1.29, 1.82) is 0 Å². The molecule has 6 heteroatoms. The molecule has 130 valence electrons. The summed E-state index contributed by atoms with van der Waals surface area (Å²) in [5.41, 5.74) is 1.37. The number of hydrogen-bond donors (Lipinski definition) is 0. The lowest BCUT2D eigenvalue weighted by Gasteiger charge is -2.26. The highest BCUT2D eigenvalue weighted by atomic mass is 16.5. The second-order valence-electron chi connectivity index (χ2n) is 6.29. The van der Waals surface area contributed by atoms with Gasteiger partial charge in [-0.3, -0.25) is 9.48 Å². The lowest BCUT2D eigenvalue weighted by molar-refractivity contribution is 0.0683.